The lowest BCUT2D eigenvalue weighted by Crippen LogP contribution is -2.20. The lowest BCUT2D eigenvalue weighted by atomic mass is 10.1. The van der Waals surface area contributed by atoms with Gasteiger partial charge in [-0.05, 0) is 29.8 Å². The predicted molar refractivity (Wildman–Crippen MR) is 85.1 cm³/mol. The third-order valence-electron chi connectivity index (χ3n) is 3.10. The number of para-hydroxylation sites is 1. The van der Waals surface area contributed by atoms with Gasteiger partial charge in [0.1, 0.15) is 0 Å². The summed E-state index contributed by atoms with van der Waals surface area (Å²) < 4.78 is 0. The summed E-state index contributed by atoms with van der Waals surface area (Å²) in [4.78, 5) is 22.2. The van der Waals surface area contributed by atoms with E-state index in [1.807, 2.05) is 6.07 Å². The van der Waals surface area contributed by atoms with E-state index in [1.54, 1.807) is 42.5 Å². The van der Waals surface area contributed by atoms with E-state index in [4.69, 9.17) is 5.26 Å². The molecule has 0 bridgehead atoms. The maximum absolute atomic E-state index is 11.8. The van der Waals surface area contributed by atoms with Crippen LogP contribution in [0.25, 0.3) is 6.08 Å². The number of nitro benzene ring substituents is 1. The Morgan fingerprint density at radius 3 is 2.57 bits per heavy atom. The van der Waals surface area contributed by atoms with Crippen LogP contribution >= 0.6 is 0 Å². The first kappa shape index (κ1) is 15.9. The zero-order valence-corrected chi connectivity index (χ0v) is 12.1. The van der Waals surface area contributed by atoms with Crippen LogP contribution in [0.5, 0.6) is 0 Å². The van der Waals surface area contributed by atoms with E-state index in [0.717, 1.165) is 5.56 Å². The SMILES string of the molecule is N#Cc1ccc(CNC(=O)/C=C/c2ccccc2[N+](=O)[O-])cc1. The number of nitrogens with zero attached hydrogens (tertiary/aromatic N) is 2. The van der Waals surface area contributed by atoms with Gasteiger partial charge in [0.25, 0.3) is 5.69 Å². The van der Waals surface area contributed by atoms with Gasteiger partial charge in [-0.2, -0.15) is 5.26 Å². The monoisotopic (exact) mass is 307 g/mol. The highest BCUT2D eigenvalue weighted by Crippen LogP contribution is 2.18. The van der Waals surface area contributed by atoms with Crippen molar-refractivity contribution in [2.75, 3.05) is 0 Å². The average molecular weight is 307 g/mol. The van der Waals surface area contributed by atoms with Crippen LogP contribution in [0, 0.1) is 21.4 Å². The minimum atomic E-state index is -0.492. The van der Waals surface area contributed by atoms with E-state index >= 15 is 0 Å². The van der Waals surface area contributed by atoms with Crippen molar-refractivity contribution in [2.24, 2.45) is 0 Å². The van der Waals surface area contributed by atoms with E-state index in [9.17, 15) is 14.9 Å². The number of nitriles is 1. The molecule has 0 atom stereocenters. The molecule has 0 heterocycles. The summed E-state index contributed by atoms with van der Waals surface area (Å²) in [5.74, 6) is -0.354. The fourth-order valence-corrected chi connectivity index (χ4v) is 1.91. The highest BCUT2D eigenvalue weighted by atomic mass is 16.6. The van der Waals surface area contributed by atoms with Crippen molar-refractivity contribution in [3.63, 3.8) is 0 Å². The molecule has 0 aliphatic rings. The Labute approximate surface area is 132 Å². The summed E-state index contributed by atoms with van der Waals surface area (Å²) in [6.45, 7) is 0.311. The van der Waals surface area contributed by atoms with Crippen LogP contribution in [0.4, 0.5) is 5.69 Å². The summed E-state index contributed by atoms with van der Waals surface area (Å²) in [6.07, 6.45) is 2.66. The van der Waals surface area contributed by atoms with Gasteiger partial charge in [-0.15, -0.1) is 0 Å². The van der Waals surface area contributed by atoms with Gasteiger partial charge in [-0.3, -0.25) is 14.9 Å². The minimum Gasteiger partial charge on any atom is -0.348 e. The van der Waals surface area contributed by atoms with Gasteiger partial charge in [0.2, 0.25) is 5.91 Å². The van der Waals surface area contributed by atoms with Gasteiger partial charge in [0.15, 0.2) is 0 Å². The zero-order valence-electron chi connectivity index (χ0n) is 12.1. The molecule has 23 heavy (non-hydrogen) atoms. The van der Waals surface area contributed by atoms with Crippen LogP contribution in [0.3, 0.4) is 0 Å². The van der Waals surface area contributed by atoms with Crippen LogP contribution in [0.1, 0.15) is 16.7 Å². The van der Waals surface area contributed by atoms with E-state index < -0.39 is 4.92 Å². The number of amides is 1. The Hall–Kier alpha value is -3.46. The molecule has 6 nitrogen and oxygen atoms in total. The second kappa shape index (κ2) is 7.52. The van der Waals surface area contributed by atoms with Gasteiger partial charge >= 0.3 is 0 Å². The molecule has 0 aliphatic carbocycles. The molecule has 0 saturated carbocycles. The molecule has 0 aliphatic heterocycles. The van der Waals surface area contributed by atoms with Gasteiger partial charge in [-0.1, -0.05) is 24.3 Å². The van der Waals surface area contributed by atoms with Crippen molar-refractivity contribution in [1.29, 1.82) is 5.26 Å². The van der Waals surface area contributed by atoms with Crippen LogP contribution in [0.2, 0.25) is 0 Å². The smallest absolute Gasteiger partial charge is 0.276 e. The average Bonchev–Trinajstić information content (AvgIpc) is 2.58. The number of nitrogens with one attached hydrogen (secondary N) is 1. The summed E-state index contributed by atoms with van der Waals surface area (Å²) in [7, 11) is 0. The number of hydrogen-bond acceptors (Lipinski definition) is 4. The normalized spacial score (nSPS) is 10.2. The van der Waals surface area contributed by atoms with Gasteiger partial charge in [-0.25, -0.2) is 0 Å². The summed E-state index contributed by atoms with van der Waals surface area (Å²) in [6, 6.07) is 15.1. The molecule has 2 aromatic carbocycles. The van der Waals surface area contributed by atoms with Gasteiger partial charge in [0, 0.05) is 18.7 Å². The van der Waals surface area contributed by atoms with E-state index in [2.05, 4.69) is 5.32 Å². The Morgan fingerprint density at radius 2 is 1.91 bits per heavy atom. The first-order valence-corrected chi connectivity index (χ1v) is 6.78. The van der Waals surface area contributed by atoms with Crippen LogP contribution in [0.15, 0.2) is 54.6 Å². The molecule has 114 valence electrons. The van der Waals surface area contributed by atoms with Crippen molar-refractivity contribution in [3.8, 4) is 6.07 Å². The third kappa shape index (κ3) is 4.51. The minimum absolute atomic E-state index is 0.0522. The molecule has 0 saturated heterocycles. The molecule has 2 rings (SSSR count). The molecule has 0 unspecified atom stereocenters. The van der Waals surface area contributed by atoms with Crippen LogP contribution in [-0.2, 0) is 11.3 Å². The second-order valence-electron chi connectivity index (χ2n) is 4.68. The lowest BCUT2D eigenvalue weighted by Gasteiger charge is -2.02. The van der Waals surface area contributed by atoms with Crippen LogP contribution < -0.4 is 5.32 Å². The van der Waals surface area contributed by atoms with E-state index in [-0.39, 0.29) is 11.6 Å². The standard InChI is InChI=1S/C17H13N3O3/c18-11-13-5-7-14(8-6-13)12-19-17(21)10-9-15-3-1-2-4-16(15)20(22)23/h1-10H,12H2,(H,19,21)/b10-9+. The fourth-order valence-electron chi connectivity index (χ4n) is 1.91. The maximum Gasteiger partial charge on any atom is 0.276 e. The number of carbonyl (C=O) groups is 1. The third-order valence-corrected chi connectivity index (χ3v) is 3.10. The Balaban J connectivity index is 1.97. The molecule has 1 amide bonds. The molecule has 0 aromatic heterocycles. The predicted octanol–water partition coefficient (Wildman–Crippen LogP) is 2.80. The van der Waals surface area contributed by atoms with Crippen molar-refractivity contribution in [2.45, 2.75) is 6.54 Å². The molecule has 6 heteroatoms. The Kier molecular flexibility index (Phi) is 5.21. The van der Waals surface area contributed by atoms with Gasteiger partial charge < -0.3 is 5.32 Å². The first-order valence-electron chi connectivity index (χ1n) is 6.78. The van der Waals surface area contributed by atoms with E-state index in [0.29, 0.717) is 17.7 Å². The highest BCUT2D eigenvalue weighted by molar-refractivity contribution is 5.92. The molecule has 2 aromatic rings. The van der Waals surface area contributed by atoms with Crippen molar-refractivity contribution in [1.82, 2.24) is 5.32 Å². The first-order chi connectivity index (χ1) is 11.1. The summed E-state index contributed by atoms with van der Waals surface area (Å²) >= 11 is 0. The number of nitro groups is 1. The highest BCUT2D eigenvalue weighted by Gasteiger charge is 2.09. The molecule has 1 N–H and O–H groups in total. The topological polar surface area (TPSA) is 96.0 Å². The van der Waals surface area contributed by atoms with Crippen molar-refractivity contribution < 1.29 is 9.72 Å². The van der Waals surface area contributed by atoms with E-state index in [1.165, 1.54) is 18.2 Å². The fraction of sp³-hybridized carbons (Fsp3) is 0.0588. The Bertz CT molecular complexity index is 789. The molecular weight excluding hydrogens is 294 g/mol. The number of carbonyl (C=O) groups excluding carboxylic acids is 1. The summed E-state index contributed by atoms with van der Waals surface area (Å²) in [5, 5.41) is 22.3. The molecule has 0 spiro atoms. The van der Waals surface area contributed by atoms with Gasteiger partial charge in [0.05, 0.1) is 22.1 Å². The maximum atomic E-state index is 11.8. The Morgan fingerprint density at radius 1 is 1.22 bits per heavy atom. The summed E-state index contributed by atoms with van der Waals surface area (Å²) in [5.41, 5.74) is 1.72. The lowest BCUT2D eigenvalue weighted by molar-refractivity contribution is -0.385. The number of hydrogen-bond donors (Lipinski definition) is 1. The zero-order chi connectivity index (χ0) is 16.7. The van der Waals surface area contributed by atoms with Crippen LogP contribution in [-0.4, -0.2) is 10.8 Å². The molecular formula is C17H13N3O3. The number of rotatable bonds is 5. The quantitative estimate of drug-likeness (QED) is 0.522. The molecule has 0 fully saturated rings. The van der Waals surface area contributed by atoms with Crippen molar-refractivity contribution >= 4 is 17.7 Å². The van der Waals surface area contributed by atoms with Crippen molar-refractivity contribution in [3.05, 3.63) is 81.4 Å². The number of benzene rings is 2. The molecule has 0 radical (unpaired) electrons. The second-order valence-corrected chi connectivity index (χ2v) is 4.68. The largest absolute Gasteiger partial charge is 0.348 e.